The van der Waals surface area contributed by atoms with Crippen LogP contribution in [0.15, 0.2) is 46.9 Å². The molecule has 0 aliphatic rings. The van der Waals surface area contributed by atoms with Crippen molar-refractivity contribution >= 4 is 22.5 Å². The molecule has 0 atom stereocenters. The standard InChI is InChI=1S/C16H17N3O/c1-11-19-15-9-14(6-7-16(15)20-11)18-10-12-4-3-5-13(8-12)17-2/h3-9,17-18H,10H2,1-2H3. The van der Waals surface area contributed by atoms with Crippen LogP contribution in [0.3, 0.4) is 0 Å². The molecule has 0 aliphatic carbocycles. The summed E-state index contributed by atoms with van der Waals surface area (Å²) in [6, 6.07) is 14.3. The van der Waals surface area contributed by atoms with E-state index >= 15 is 0 Å². The Morgan fingerprint density at radius 3 is 2.85 bits per heavy atom. The van der Waals surface area contributed by atoms with Crippen molar-refractivity contribution in [2.24, 2.45) is 0 Å². The minimum absolute atomic E-state index is 0.693. The first kappa shape index (κ1) is 12.5. The average Bonchev–Trinajstić information content (AvgIpc) is 2.84. The fourth-order valence-electron chi connectivity index (χ4n) is 2.19. The van der Waals surface area contributed by atoms with Gasteiger partial charge in [0.2, 0.25) is 0 Å². The van der Waals surface area contributed by atoms with Gasteiger partial charge in [0.25, 0.3) is 0 Å². The van der Waals surface area contributed by atoms with Crippen molar-refractivity contribution < 1.29 is 4.42 Å². The number of nitrogens with zero attached hydrogens (tertiary/aromatic N) is 1. The molecule has 1 heterocycles. The third kappa shape index (κ3) is 2.59. The molecule has 4 nitrogen and oxygen atoms in total. The normalized spacial score (nSPS) is 10.7. The first-order valence-corrected chi connectivity index (χ1v) is 6.62. The van der Waals surface area contributed by atoms with Crippen LogP contribution in [-0.2, 0) is 6.54 Å². The molecule has 102 valence electrons. The molecular weight excluding hydrogens is 250 g/mol. The van der Waals surface area contributed by atoms with E-state index in [4.69, 9.17) is 4.42 Å². The van der Waals surface area contributed by atoms with Crippen LogP contribution in [0.1, 0.15) is 11.5 Å². The number of aryl methyl sites for hydroxylation is 1. The van der Waals surface area contributed by atoms with E-state index < -0.39 is 0 Å². The van der Waals surface area contributed by atoms with E-state index in [0.717, 1.165) is 29.0 Å². The Bertz CT molecular complexity index is 733. The van der Waals surface area contributed by atoms with Crippen molar-refractivity contribution in [3.8, 4) is 0 Å². The van der Waals surface area contributed by atoms with Gasteiger partial charge in [0.05, 0.1) is 0 Å². The van der Waals surface area contributed by atoms with Gasteiger partial charge in [-0.15, -0.1) is 0 Å². The lowest BCUT2D eigenvalue weighted by Crippen LogP contribution is -2.00. The summed E-state index contributed by atoms with van der Waals surface area (Å²) in [5, 5.41) is 6.55. The number of oxazole rings is 1. The number of fused-ring (bicyclic) bond motifs is 1. The third-order valence-corrected chi connectivity index (χ3v) is 3.21. The van der Waals surface area contributed by atoms with Crippen LogP contribution in [0, 0.1) is 6.92 Å². The van der Waals surface area contributed by atoms with E-state index in [0.29, 0.717) is 5.89 Å². The second kappa shape index (κ2) is 5.25. The van der Waals surface area contributed by atoms with E-state index in [-0.39, 0.29) is 0 Å². The zero-order chi connectivity index (χ0) is 13.9. The van der Waals surface area contributed by atoms with Gasteiger partial charge in [0, 0.05) is 31.9 Å². The van der Waals surface area contributed by atoms with Crippen LogP contribution >= 0.6 is 0 Å². The SMILES string of the molecule is CNc1cccc(CNc2ccc3oc(C)nc3c2)c1. The Kier molecular flexibility index (Phi) is 3.29. The van der Waals surface area contributed by atoms with Crippen LogP contribution < -0.4 is 10.6 Å². The van der Waals surface area contributed by atoms with Crippen LogP contribution in [0.5, 0.6) is 0 Å². The fourth-order valence-corrected chi connectivity index (χ4v) is 2.19. The van der Waals surface area contributed by atoms with Gasteiger partial charge in [-0.25, -0.2) is 4.98 Å². The summed E-state index contributed by atoms with van der Waals surface area (Å²) < 4.78 is 5.47. The molecule has 0 spiro atoms. The number of nitrogens with one attached hydrogen (secondary N) is 2. The maximum Gasteiger partial charge on any atom is 0.192 e. The van der Waals surface area contributed by atoms with Crippen molar-refractivity contribution in [3.05, 3.63) is 53.9 Å². The maximum atomic E-state index is 5.47. The monoisotopic (exact) mass is 267 g/mol. The lowest BCUT2D eigenvalue weighted by Gasteiger charge is -2.08. The molecule has 0 saturated heterocycles. The highest BCUT2D eigenvalue weighted by molar-refractivity contribution is 5.77. The van der Waals surface area contributed by atoms with Gasteiger partial charge >= 0.3 is 0 Å². The Hall–Kier alpha value is -2.49. The summed E-state index contributed by atoms with van der Waals surface area (Å²) in [6.07, 6.45) is 0. The van der Waals surface area contributed by atoms with Crippen molar-refractivity contribution in [3.63, 3.8) is 0 Å². The summed E-state index contributed by atoms with van der Waals surface area (Å²) in [6.45, 7) is 2.63. The van der Waals surface area contributed by atoms with Gasteiger partial charge in [-0.1, -0.05) is 12.1 Å². The molecule has 3 rings (SSSR count). The zero-order valence-electron chi connectivity index (χ0n) is 11.6. The predicted molar refractivity (Wildman–Crippen MR) is 82.1 cm³/mol. The first-order valence-electron chi connectivity index (χ1n) is 6.62. The minimum atomic E-state index is 0.693. The Morgan fingerprint density at radius 1 is 1.10 bits per heavy atom. The Labute approximate surface area is 117 Å². The topological polar surface area (TPSA) is 50.1 Å². The summed E-state index contributed by atoms with van der Waals surface area (Å²) in [7, 11) is 1.92. The van der Waals surface area contributed by atoms with Crippen molar-refractivity contribution in [1.29, 1.82) is 0 Å². The Balaban J connectivity index is 1.75. The van der Waals surface area contributed by atoms with E-state index in [9.17, 15) is 0 Å². The molecule has 2 aromatic carbocycles. The third-order valence-electron chi connectivity index (χ3n) is 3.21. The number of anilines is 2. The summed E-state index contributed by atoms with van der Waals surface area (Å²) in [4.78, 5) is 4.34. The lowest BCUT2D eigenvalue weighted by atomic mass is 10.2. The summed E-state index contributed by atoms with van der Waals surface area (Å²) in [5.74, 6) is 0.693. The fraction of sp³-hybridized carbons (Fsp3) is 0.188. The van der Waals surface area contributed by atoms with Crippen LogP contribution in [-0.4, -0.2) is 12.0 Å². The van der Waals surface area contributed by atoms with Crippen molar-refractivity contribution in [2.45, 2.75) is 13.5 Å². The molecule has 4 heteroatoms. The molecule has 0 unspecified atom stereocenters. The first-order chi connectivity index (χ1) is 9.74. The van der Waals surface area contributed by atoms with E-state index in [1.165, 1.54) is 5.56 Å². The molecule has 0 amide bonds. The van der Waals surface area contributed by atoms with Crippen molar-refractivity contribution in [1.82, 2.24) is 4.98 Å². The largest absolute Gasteiger partial charge is 0.441 e. The molecule has 0 aliphatic heterocycles. The van der Waals surface area contributed by atoms with Crippen LogP contribution in [0.25, 0.3) is 11.1 Å². The molecule has 20 heavy (non-hydrogen) atoms. The van der Waals surface area contributed by atoms with Gasteiger partial charge in [0.15, 0.2) is 11.5 Å². The number of hydrogen-bond acceptors (Lipinski definition) is 4. The van der Waals surface area contributed by atoms with Crippen molar-refractivity contribution in [2.75, 3.05) is 17.7 Å². The van der Waals surface area contributed by atoms with Gasteiger partial charge in [0.1, 0.15) is 5.52 Å². The van der Waals surface area contributed by atoms with E-state index in [1.807, 2.05) is 44.3 Å². The molecule has 1 aromatic heterocycles. The number of aromatic nitrogens is 1. The molecular formula is C16H17N3O. The smallest absolute Gasteiger partial charge is 0.192 e. The lowest BCUT2D eigenvalue weighted by molar-refractivity contribution is 0.561. The molecule has 0 saturated carbocycles. The maximum absolute atomic E-state index is 5.47. The highest BCUT2D eigenvalue weighted by Gasteiger charge is 2.03. The minimum Gasteiger partial charge on any atom is -0.441 e. The van der Waals surface area contributed by atoms with Gasteiger partial charge < -0.3 is 15.1 Å². The average molecular weight is 267 g/mol. The molecule has 0 fully saturated rings. The highest BCUT2D eigenvalue weighted by Crippen LogP contribution is 2.20. The molecule has 0 bridgehead atoms. The highest BCUT2D eigenvalue weighted by atomic mass is 16.3. The zero-order valence-corrected chi connectivity index (χ0v) is 11.6. The number of benzene rings is 2. The number of rotatable bonds is 4. The Morgan fingerprint density at radius 2 is 2.00 bits per heavy atom. The van der Waals surface area contributed by atoms with E-state index in [1.54, 1.807) is 0 Å². The predicted octanol–water partition coefficient (Wildman–Crippen LogP) is 3.79. The molecule has 3 aromatic rings. The number of hydrogen-bond donors (Lipinski definition) is 2. The quantitative estimate of drug-likeness (QED) is 0.755. The summed E-state index contributed by atoms with van der Waals surface area (Å²) in [5.41, 5.74) is 5.10. The van der Waals surface area contributed by atoms with Crippen LogP contribution in [0.2, 0.25) is 0 Å². The second-order valence-electron chi connectivity index (χ2n) is 4.72. The van der Waals surface area contributed by atoms with Gasteiger partial charge in [-0.2, -0.15) is 0 Å². The molecule has 0 radical (unpaired) electrons. The van der Waals surface area contributed by atoms with Crippen LogP contribution in [0.4, 0.5) is 11.4 Å². The van der Waals surface area contributed by atoms with Gasteiger partial charge in [-0.3, -0.25) is 0 Å². The molecule has 2 N–H and O–H groups in total. The summed E-state index contributed by atoms with van der Waals surface area (Å²) >= 11 is 0. The van der Waals surface area contributed by atoms with E-state index in [2.05, 4.69) is 27.8 Å². The second-order valence-corrected chi connectivity index (χ2v) is 4.72. The van der Waals surface area contributed by atoms with Gasteiger partial charge in [-0.05, 0) is 35.9 Å².